The Kier molecular flexibility index (Phi) is 7.20. The number of benzene rings is 4. The van der Waals surface area contributed by atoms with Crippen molar-refractivity contribution in [2.24, 2.45) is 0 Å². The number of fused-ring (bicyclic) bond motifs is 1. The number of aliphatic hydroxyl groups excluding tert-OH is 1. The van der Waals surface area contributed by atoms with Gasteiger partial charge in [0.1, 0.15) is 5.82 Å². The van der Waals surface area contributed by atoms with Gasteiger partial charge in [-0.3, -0.25) is 4.79 Å². The molecule has 1 aliphatic rings. The second kappa shape index (κ2) is 11.1. The normalized spacial score (nSPS) is 16.0. The van der Waals surface area contributed by atoms with E-state index in [0.29, 0.717) is 18.5 Å². The molecule has 1 aliphatic carbocycles. The smallest absolute Gasteiger partial charge is 0.254 e. The van der Waals surface area contributed by atoms with Crippen molar-refractivity contribution in [2.75, 3.05) is 11.9 Å². The van der Waals surface area contributed by atoms with Crippen LogP contribution in [-0.4, -0.2) is 24.2 Å². The molecule has 0 bridgehead atoms. The fourth-order valence-corrected chi connectivity index (χ4v) is 6.28. The van der Waals surface area contributed by atoms with E-state index in [1.54, 1.807) is 17.4 Å². The number of aliphatic hydroxyl groups is 1. The monoisotopic (exact) mass is 548 g/mol. The molecule has 1 amide bonds. The molecule has 2 atom stereocenters. The Labute approximate surface area is 237 Å². The molecule has 0 saturated heterocycles. The van der Waals surface area contributed by atoms with E-state index >= 15 is 4.39 Å². The number of carbonyl (C=O) groups excluding carboxylic acids is 1. The summed E-state index contributed by atoms with van der Waals surface area (Å²) in [5.41, 5.74) is 5.69. The first-order chi connectivity index (χ1) is 19.5. The second-order valence-electron chi connectivity index (χ2n) is 10.2. The van der Waals surface area contributed by atoms with Gasteiger partial charge in [-0.1, -0.05) is 84.9 Å². The highest BCUT2D eigenvalue weighted by Gasteiger charge is 2.33. The largest absolute Gasteiger partial charge is 0.390 e. The average molecular weight is 549 g/mol. The van der Waals surface area contributed by atoms with Gasteiger partial charge in [0.25, 0.3) is 5.91 Å². The summed E-state index contributed by atoms with van der Waals surface area (Å²) < 4.78 is 15.0. The highest BCUT2D eigenvalue weighted by atomic mass is 32.1. The van der Waals surface area contributed by atoms with Crippen LogP contribution < -0.4 is 10.2 Å². The second-order valence-corrected chi connectivity index (χ2v) is 11.2. The van der Waals surface area contributed by atoms with Gasteiger partial charge in [0.2, 0.25) is 0 Å². The van der Waals surface area contributed by atoms with E-state index in [0.717, 1.165) is 27.3 Å². The molecule has 0 unspecified atom stereocenters. The van der Waals surface area contributed by atoms with E-state index in [4.69, 9.17) is 0 Å². The van der Waals surface area contributed by atoms with E-state index < -0.39 is 23.9 Å². The van der Waals surface area contributed by atoms with Crippen LogP contribution in [0.4, 0.5) is 9.39 Å². The van der Waals surface area contributed by atoms with Crippen LogP contribution in [0.2, 0.25) is 0 Å². The zero-order chi connectivity index (χ0) is 27.6. The lowest BCUT2D eigenvalue weighted by Gasteiger charge is -2.20. The van der Waals surface area contributed by atoms with Crippen LogP contribution in [0.5, 0.6) is 0 Å². The molecule has 1 heterocycles. The summed E-state index contributed by atoms with van der Waals surface area (Å²) >= 11 is 1.74. The first-order valence-corrected chi connectivity index (χ1v) is 14.1. The highest BCUT2D eigenvalue weighted by Crippen LogP contribution is 2.36. The van der Waals surface area contributed by atoms with Crippen molar-refractivity contribution in [1.82, 2.24) is 5.32 Å². The minimum absolute atomic E-state index is 0.0388. The molecule has 0 fully saturated rings. The minimum atomic E-state index is -0.774. The maximum absolute atomic E-state index is 15.0. The van der Waals surface area contributed by atoms with Gasteiger partial charge >= 0.3 is 0 Å². The molecule has 0 saturated carbocycles. The van der Waals surface area contributed by atoms with Gasteiger partial charge < -0.3 is 15.3 Å². The van der Waals surface area contributed by atoms with E-state index in [2.05, 4.69) is 47.6 Å². The van der Waals surface area contributed by atoms with E-state index in [1.165, 1.54) is 22.6 Å². The van der Waals surface area contributed by atoms with Crippen LogP contribution in [0, 0.1) is 5.82 Å². The summed E-state index contributed by atoms with van der Waals surface area (Å²) in [6.07, 6.45) is -0.332. The van der Waals surface area contributed by atoms with Crippen molar-refractivity contribution in [3.05, 3.63) is 137 Å². The standard InChI is InChI=1S/C34H29FN2O2S/c1-37(32-17-16-31(40-32)24-10-6-3-7-11-24)21-22-12-13-26-20-30(38)33(28(26)18-22)36-34(39)27-15-14-25(19-29(27)35)23-8-4-2-5-9-23/h2-19,30,33,38H,20-21H2,1H3,(H,36,39)/t30-,33-/m1/s1. The summed E-state index contributed by atoms with van der Waals surface area (Å²) in [7, 11) is 2.06. The van der Waals surface area contributed by atoms with Crippen LogP contribution in [0.25, 0.3) is 21.6 Å². The van der Waals surface area contributed by atoms with Gasteiger partial charge in [0, 0.05) is 24.9 Å². The number of nitrogens with zero attached hydrogens (tertiary/aromatic N) is 1. The number of nitrogens with one attached hydrogen (secondary N) is 1. The quantitative estimate of drug-likeness (QED) is 0.225. The Morgan fingerprint density at radius 2 is 1.62 bits per heavy atom. The van der Waals surface area contributed by atoms with Crippen LogP contribution in [0.1, 0.15) is 33.1 Å². The zero-order valence-electron chi connectivity index (χ0n) is 22.1. The SMILES string of the molecule is CN(Cc1ccc2c(c1)[C@@H](NC(=O)c1ccc(-c3ccccc3)cc1F)[C@H](O)C2)c1ccc(-c2ccccc2)s1. The molecule has 0 spiro atoms. The average Bonchev–Trinajstić information content (AvgIpc) is 3.59. The number of carbonyl (C=O) groups is 1. The Bertz CT molecular complexity index is 1650. The van der Waals surface area contributed by atoms with Crippen molar-refractivity contribution < 1.29 is 14.3 Å². The molecular weight excluding hydrogens is 519 g/mol. The Morgan fingerprint density at radius 1 is 0.900 bits per heavy atom. The van der Waals surface area contributed by atoms with Crippen LogP contribution in [-0.2, 0) is 13.0 Å². The van der Waals surface area contributed by atoms with E-state index in [1.807, 2.05) is 60.7 Å². The molecule has 5 aromatic rings. The van der Waals surface area contributed by atoms with Crippen LogP contribution in [0.15, 0.2) is 109 Å². The van der Waals surface area contributed by atoms with Crippen molar-refractivity contribution >= 4 is 22.2 Å². The summed E-state index contributed by atoms with van der Waals surface area (Å²) in [5, 5.41) is 14.9. The Balaban J connectivity index is 1.17. The lowest BCUT2D eigenvalue weighted by molar-refractivity contribution is 0.0854. The molecule has 6 heteroatoms. The van der Waals surface area contributed by atoms with Gasteiger partial charge in [-0.15, -0.1) is 11.3 Å². The fraction of sp³-hybridized carbons (Fsp3) is 0.147. The molecule has 2 N–H and O–H groups in total. The molecular formula is C34H29FN2O2S. The Morgan fingerprint density at radius 3 is 2.35 bits per heavy atom. The van der Waals surface area contributed by atoms with E-state index in [9.17, 15) is 9.90 Å². The first kappa shape index (κ1) is 26.0. The number of amides is 1. The number of thiophene rings is 1. The third-order valence-electron chi connectivity index (χ3n) is 7.41. The molecule has 0 radical (unpaired) electrons. The molecule has 200 valence electrons. The van der Waals surface area contributed by atoms with Gasteiger partial charge in [0.15, 0.2) is 0 Å². The topological polar surface area (TPSA) is 52.6 Å². The summed E-state index contributed by atoms with van der Waals surface area (Å²) in [6, 6.07) is 34.2. The van der Waals surface area contributed by atoms with Gasteiger partial charge in [0.05, 0.1) is 22.7 Å². The lowest BCUT2D eigenvalue weighted by atomic mass is 10.0. The minimum Gasteiger partial charge on any atom is -0.390 e. The van der Waals surface area contributed by atoms with Crippen molar-refractivity contribution in [2.45, 2.75) is 25.1 Å². The molecule has 0 aliphatic heterocycles. The predicted octanol–water partition coefficient (Wildman–Crippen LogP) is 7.25. The third kappa shape index (κ3) is 5.28. The Hall–Kier alpha value is -4.26. The maximum Gasteiger partial charge on any atom is 0.254 e. The number of hydrogen-bond donors (Lipinski definition) is 2. The summed E-state index contributed by atoms with van der Waals surface area (Å²) in [5.74, 6) is -1.13. The van der Waals surface area contributed by atoms with Crippen molar-refractivity contribution in [1.29, 1.82) is 0 Å². The predicted molar refractivity (Wildman–Crippen MR) is 160 cm³/mol. The first-order valence-electron chi connectivity index (χ1n) is 13.3. The van der Waals surface area contributed by atoms with Gasteiger partial charge in [-0.05, 0) is 57.6 Å². The lowest BCUT2D eigenvalue weighted by Crippen LogP contribution is -2.34. The highest BCUT2D eigenvalue weighted by molar-refractivity contribution is 7.19. The molecule has 6 rings (SSSR count). The zero-order valence-corrected chi connectivity index (χ0v) is 22.9. The fourth-order valence-electron chi connectivity index (χ4n) is 5.31. The number of anilines is 1. The van der Waals surface area contributed by atoms with Crippen LogP contribution >= 0.6 is 11.3 Å². The molecule has 40 heavy (non-hydrogen) atoms. The summed E-state index contributed by atoms with van der Waals surface area (Å²) in [6.45, 7) is 0.675. The van der Waals surface area contributed by atoms with Crippen LogP contribution in [0.3, 0.4) is 0 Å². The van der Waals surface area contributed by atoms with Crippen molar-refractivity contribution in [3.63, 3.8) is 0 Å². The third-order valence-corrected chi connectivity index (χ3v) is 8.66. The molecule has 1 aromatic heterocycles. The summed E-state index contributed by atoms with van der Waals surface area (Å²) in [4.78, 5) is 16.5. The van der Waals surface area contributed by atoms with Crippen molar-refractivity contribution in [3.8, 4) is 21.6 Å². The maximum atomic E-state index is 15.0. The number of rotatable bonds is 7. The van der Waals surface area contributed by atoms with Gasteiger partial charge in [-0.25, -0.2) is 4.39 Å². The van der Waals surface area contributed by atoms with E-state index in [-0.39, 0.29) is 5.56 Å². The molecule has 4 aromatic carbocycles. The number of halogens is 1. The number of hydrogen-bond acceptors (Lipinski definition) is 4. The molecule has 4 nitrogen and oxygen atoms in total. The van der Waals surface area contributed by atoms with Gasteiger partial charge in [-0.2, -0.15) is 0 Å².